The van der Waals surface area contributed by atoms with E-state index in [1.54, 1.807) is 30.4 Å². The number of rotatable bonds is 6. The van der Waals surface area contributed by atoms with Gasteiger partial charge in [-0.2, -0.15) is 0 Å². The second-order valence-electron chi connectivity index (χ2n) is 7.49. The van der Waals surface area contributed by atoms with Crippen LogP contribution in [0.15, 0.2) is 40.5 Å². The summed E-state index contributed by atoms with van der Waals surface area (Å²) in [6.45, 7) is 4.45. The van der Waals surface area contributed by atoms with Crippen molar-refractivity contribution in [3.63, 3.8) is 0 Å². The first-order valence-corrected chi connectivity index (χ1v) is 11.5. The van der Waals surface area contributed by atoms with Gasteiger partial charge in [-0.1, -0.05) is 17.7 Å². The Morgan fingerprint density at radius 3 is 2.74 bits per heavy atom. The fourth-order valence-corrected chi connectivity index (χ4v) is 5.41. The number of methoxy groups -OCH3 is 1. The second-order valence-corrected chi connectivity index (χ2v) is 9.64. The highest BCUT2D eigenvalue weighted by Gasteiger charge is 2.18. The first-order valence-electron chi connectivity index (χ1n) is 9.80. The van der Waals surface area contributed by atoms with Crippen LogP contribution < -0.4 is 10.3 Å². The lowest BCUT2D eigenvalue weighted by Crippen LogP contribution is -2.29. The Morgan fingerprint density at radius 1 is 1.23 bits per heavy atom. The van der Waals surface area contributed by atoms with E-state index in [2.05, 4.69) is 9.97 Å². The number of benzene rings is 1. The van der Waals surface area contributed by atoms with Crippen molar-refractivity contribution in [3.8, 4) is 16.2 Å². The van der Waals surface area contributed by atoms with Gasteiger partial charge in [0.2, 0.25) is 5.91 Å². The molecule has 31 heavy (non-hydrogen) atoms. The number of ether oxygens (including phenoxy) is 1. The maximum atomic E-state index is 12.8. The van der Waals surface area contributed by atoms with E-state index >= 15 is 0 Å². The minimum atomic E-state index is -0.210. The maximum absolute atomic E-state index is 12.8. The van der Waals surface area contributed by atoms with Crippen LogP contribution in [0.3, 0.4) is 0 Å². The molecule has 0 saturated heterocycles. The Balaban J connectivity index is 1.55. The molecule has 0 aliphatic carbocycles. The molecule has 8 heteroatoms. The first kappa shape index (κ1) is 21.3. The smallest absolute Gasteiger partial charge is 0.260 e. The van der Waals surface area contributed by atoms with E-state index in [1.807, 2.05) is 49.6 Å². The van der Waals surface area contributed by atoms with Gasteiger partial charge in [-0.05, 0) is 32.0 Å². The van der Waals surface area contributed by atoms with E-state index < -0.39 is 0 Å². The van der Waals surface area contributed by atoms with E-state index in [0.717, 1.165) is 27.3 Å². The van der Waals surface area contributed by atoms with E-state index in [4.69, 9.17) is 4.74 Å². The summed E-state index contributed by atoms with van der Waals surface area (Å²) < 4.78 is 5.41. The molecule has 0 radical (unpaired) electrons. The van der Waals surface area contributed by atoms with Crippen LogP contribution in [0.4, 0.5) is 0 Å². The Bertz CT molecular complexity index is 1320. The molecule has 0 spiro atoms. The number of aromatic amines is 1. The molecule has 0 aliphatic heterocycles. The second kappa shape index (κ2) is 8.64. The van der Waals surface area contributed by atoms with Gasteiger partial charge in [-0.25, -0.2) is 4.98 Å². The normalized spacial score (nSPS) is 11.1. The quantitative estimate of drug-likeness (QED) is 0.465. The van der Waals surface area contributed by atoms with Crippen LogP contribution in [0.25, 0.3) is 20.7 Å². The third-order valence-electron chi connectivity index (χ3n) is 5.09. The van der Waals surface area contributed by atoms with Crippen molar-refractivity contribution in [2.24, 2.45) is 0 Å². The zero-order valence-corrected chi connectivity index (χ0v) is 19.4. The number of thiophene rings is 2. The van der Waals surface area contributed by atoms with Crippen molar-refractivity contribution in [2.45, 2.75) is 26.8 Å². The molecule has 3 aromatic heterocycles. The van der Waals surface area contributed by atoms with Crippen LogP contribution in [-0.2, 0) is 17.8 Å². The third kappa shape index (κ3) is 4.40. The van der Waals surface area contributed by atoms with E-state index in [9.17, 15) is 9.59 Å². The van der Waals surface area contributed by atoms with E-state index in [-0.39, 0.29) is 17.9 Å². The number of aryl methyl sites for hydroxylation is 2. The summed E-state index contributed by atoms with van der Waals surface area (Å²) >= 11 is 3.07. The third-order valence-corrected chi connectivity index (χ3v) is 6.99. The monoisotopic (exact) mass is 453 g/mol. The summed E-state index contributed by atoms with van der Waals surface area (Å²) in [6, 6.07) is 9.94. The molecule has 1 amide bonds. The van der Waals surface area contributed by atoms with E-state index in [1.165, 1.54) is 16.2 Å². The van der Waals surface area contributed by atoms with Crippen molar-refractivity contribution >= 4 is 38.8 Å². The summed E-state index contributed by atoms with van der Waals surface area (Å²) in [5, 5.41) is 2.54. The van der Waals surface area contributed by atoms with E-state index in [0.29, 0.717) is 22.6 Å². The molecular formula is C23H23N3O3S2. The number of H-pyrrole nitrogens is 1. The number of fused-ring (bicyclic) bond motifs is 1. The molecule has 160 valence electrons. The number of hydrogen-bond acceptors (Lipinski definition) is 6. The minimum absolute atomic E-state index is 0.0289. The Morgan fingerprint density at radius 2 is 2.03 bits per heavy atom. The molecule has 0 bridgehead atoms. The number of nitrogens with zero attached hydrogens (tertiary/aromatic N) is 2. The topological polar surface area (TPSA) is 75.3 Å². The van der Waals surface area contributed by atoms with Gasteiger partial charge in [-0.15, -0.1) is 22.7 Å². The van der Waals surface area contributed by atoms with Crippen molar-refractivity contribution < 1.29 is 9.53 Å². The van der Waals surface area contributed by atoms with Crippen molar-refractivity contribution in [3.05, 3.63) is 67.9 Å². The minimum Gasteiger partial charge on any atom is -0.496 e. The number of nitrogens with one attached hydrogen (secondary N) is 1. The number of amides is 1. The molecular weight excluding hydrogens is 430 g/mol. The van der Waals surface area contributed by atoms with Crippen LogP contribution in [0.1, 0.15) is 21.8 Å². The number of carbonyl (C=O) groups excluding carboxylic acids is 1. The Labute approximate surface area is 188 Å². The summed E-state index contributed by atoms with van der Waals surface area (Å²) in [4.78, 5) is 37.5. The lowest BCUT2D eigenvalue weighted by Gasteiger charge is -2.19. The average molecular weight is 454 g/mol. The zero-order chi connectivity index (χ0) is 22.1. The van der Waals surface area contributed by atoms with Gasteiger partial charge in [0.15, 0.2) is 0 Å². The van der Waals surface area contributed by atoms with Crippen molar-refractivity contribution in [1.29, 1.82) is 0 Å². The highest BCUT2D eigenvalue weighted by Crippen LogP contribution is 2.35. The zero-order valence-electron chi connectivity index (χ0n) is 17.8. The van der Waals surface area contributed by atoms with Gasteiger partial charge in [0, 0.05) is 39.9 Å². The standard InChI is InChI=1S/C23H23N3O3S2/c1-13-5-7-17(29-4)15(9-13)11-26(3)20(27)10-19-24-22(28)21-16(12-30-23(21)25-19)18-8-6-14(2)31-18/h5-9,12H,10-11H2,1-4H3,(H,24,25,28). The predicted molar refractivity (Wildman–Crippen MR) is 126 cm³/mol. The molecule has 0 aliphatic rings. The molecule has 1 N–H and O–H groups in total. The largest absolute Gasteiger partial charge is 0.496 e. The molecule has 6 nitrogen and oxygen atoms in total. The summed E-state index contributed by atoms with van der Waals surface area (Å²) in [7, 11) is 3.36. The summed E-state index contributed by atoms with van der Waals surface area (Å²) in [5.41, 5.74) is 2.72. The van der Waals surface area contributed by atoms with Crippen LogP contribution in [0, 0.1) is 13.8 Å². The van der Waals surface area contributed by atoms with Crippen LogP contribution in [-0.4, -0.2) is 34.9 Å². The molecule has 0 fully saturated rings. The molecule has 0 atom stereocenters. The van der Waals surface area contributed by atoms with Gasteiger partial charge < -0.3 is 14.6 Å². The number of carbonyl (C=O) groups is 1. The summed E-state index contributed by atoms with van der Waals surface area (Å²) in [6.07, 6.45) is 0.0289. The first-order chi connectivity index (χ1) is 14.9. The van der Waals surface area contributed by atoms with Crippen molar-refractivity contribution in [1.82, 2.24) is 14.9 Å². The molecule has 0 saturated carbocycles. The Hall–Kier alpha value is -2.97. The highest BCUT2D eigenvalue weighted by molar-refractivity contribution is 7.19. The molecule has 3 heterocycles. The molecule has 4 aromatic rings. The average Bonchev–Trinajstić information content (AvgIpc) is 3.34. The van der Waals surface area contributed by atoms with Gasteiger partial charge in [0.25, 0.3) is 5.56 Å². The van der Waals surface area contributed by atoms with Gasteiger partial charge in [-0.3, -0.25) is 9.59 Å². The van der Waals surface area contributed by atoms with Gasteiger partial charge >= 0.3 is 0 Å². The number of hydrogen-bond donors (Lipinski definition) is 1. The molecule has 0 unspecified atom stereocenters. The number of aromatic nitrogens is 2. The highest BCUT2D eigenvalue weighted by atomic mass is 32.1. The van der Waals surface area contributed by atoms with Gasteiger partial charge in [0.05, 0.1) is 18.9 Å². The summed E-state index contributed by atoms with van der Waals surface area (Å²) in [5.74, 6) is 0.992. The fraction of sp³-hybridized carbons (Fsp3) is 0.261. The lowest BCUT2D eigenvalue weighted by atomic mass is 10.1. The predicted octanol–water partition coefficient (Wildman–Crippen LogP) is 4.54. The number of likely N-dealkylation sites (N-methyl/N-ethyl adjacent to an activating group) is 1. The maximum Gasteiger partial charge on any atom is 0.260 e. The van der Waals surface area contributed by atoms with Crippen LogP contribution >= 0.6 is 22.7 Å². The fourth-order valence-electron chi connectivity index (χ4n) is 3.49. The lowest BCUT2D eigenvalue weighted by molar-refractivity contribution is -0.129. The van der Waals surface area contributed by atoms with Crippen LogP contribution in [0.2, 0.25) is 0 Å². The van der Waals surface area contributed by atoms with Crippen molar-refractivity contribution in [2.75, 3.05) is 14.2 Å². The van der Waals surface area contributed by atoms with Gasteiger partial charge in [0.1, 0.15) is 16.4 Å². The molecule has 4 rings (SSSR count). The van der Waals surface area contributed by atoms with Crippen LogP contribution in [0.5, 0.6) is 5.75 Å². The Kier molecular flexibility index (Phi) is 5.93. The SMILES string of the molecule is COc1ccc(C)cc1CN(C)C(=O)Cc1nc2scc(-c3ccc(C)s3)c2c(=O)[nH]1. The molecule has 1 aromatic carbocycles.